The second-order valence-electron chi connectivity index (χ2n) is 4.85. The van der Waals surface area contributed by atoms with Crippen LogP contribution < -0.4 is 16.0 Å². The van der Waals surface area contributed by atoms with Crippen molar-refractivity contribution in [1.82, 2.24) is 10.3 Å². The van der Waals surface area contributed by atoms with E-state index in [1.165, 1.54) is 4.88 Å². The molecule has 0 saturated heterocycles. The van der Waals surface area contributed by atoms with Crippen LogP contribution in [-0.2, 0) is 6.54 Å². The standard InChI is InChI=1S/C15H20N4OS/c1-4-17-15(20)11-5-6-12(16)13(7-11)19(3)8-14-10(2)18-9-21-14/h5-7,9H,4,8,16H2,1-3H3,(H,17,20). The molecule has 112 valence electrons. The zero-order chi connectivity index (χ0) is 15.4. The quantitative estimate of drug-likeness (QED) is 0.832. The first-order valence-electron chi connectivity index (χ1n) is 6.80. The number of rotatable bonds is 5. The van der Waals surface area contributed by atoms with Crippen LogP contribution in [0.25, 0.3) is 0 Å². The first kappa shape index (κ1) is 15.3. The number of benzene rings is 1. The average Bonchev–Trinajstić information content (AvgIpc) is 2.85. The second-order valence-corrected chi connectivity index (χ2v) is 5.79. The van der Waals surface area contributed by atoms with Crippen LogP contribution in [0.1, 0.15) is 27.9 Å². The Morgan fingerprint density at radius 2 is 2.24 bits per heavy atom. The summed E-state index contributed by atoms with van der Waals surface area (Å²) < 4.78 is 0. The number of anilines is 2. The van der Waals surface area contributed by atoms with Crippen LogP contribution in [0.3, 0.4) is 0 Å². The van der Waals surface area contributed by atoms with Crippen molar-refractivity contribution in [2.45, 2.75) is 20.4 Å². The van der Waals surface area contributed by atoms with Gasteiger partial charge < -0.3 is 16.0 Å². The molecular weight excluding hydrogens is 284 g/mol. The minimum absolute atomic E-state index is 0.0823. The summed E-state index contributed by atoms with van der Waals surface area (Å²) in [5, 5.41) is 2.80. The van der Waals surface area contributed by atoms with E-state index in [4.69, 9.17) is 5.73 Å². The minimum atomic E-state index is -0.0823. The van der Waals surface area contributed by atoms with Gasteiger partial charge in [-0.3, -0.25) is 4.79 Å². The van der Waals surface area contributed by atoms with E-state index in [2.05, 4.69) is 10.3 Å². The lowest BCUT2D eigenvalue weighted by Gasteiger charge is -2.21. The Morgan fingerprint density at radius 1 is 1.48 bits per heavy atom. The van der Waals surface area contributed by atoms with Crippen LogP contribution >= 0.6 is 11.3 Å². The number of nitrogens with zero attached hydrogens (tertiary/aromatic N) is 2. The number of hydrogen-bond donors (Lipinski definition) is 2. The van der Waals surface area contributed by atoms with Crippen molar-refractivity contribution in [3.63, 3.8) is 0 Å². The van der Waals surface area contributed by atoms with Crippen molar-refractivity contribution < 1.29 is 4.79 Å². The van der Waals surface area contributed by atoms with E-state index in [-0.39, 0.29) is 5.91 Å². The molecule has 5 nitrogen and oxygen atoms in total. The van der Waals surface area contributed by atoms with Gasteiger partial charge in [-0.25, -0.2) is 4.98 Å². The lowest BCUT2D eigenvalue weighted by molar-refractivity contribution is 0.0956. The lowest BCUT2D eigenvalue weighted by atomic mass is 10.1. The summed E-state index contributed by atoms with van der Waals surface area (Å²) in [6, 6.07) is 5.35. The monoisotopic (exact) mass is 304 g/mol. The molecule has 2 rings (SSSR count). The van der Waals surface area contributed by atoms with Crippen LogP contribution in [-0.4, -0.2) is 24.5 Å². The first-order valence-corrected chi connectivity index (χ1v) is 7.68. The first-order chi connectivity index (χ1) is 10.0. The molecule has 1 heterocycles. The van der Waals surface area contributed by atoms with Gasteiger partial charge in [0, 0.05) is 24.0 Å². The number of aromatic nitrogens is 1. The molecule has 0 aliphatic heterocycles. The molecule has 1 aromatic carbocycles. The molecule has 1 aromatic heterocycles. The van der Waals surface area contributed by atoms with Gasteiger partial charge in [0.1, 0.15) is 0 Å². The maximum Gasteiger partial charge on any atom is 0.251 e. The van der Waals surface area contributed by atoms with Crippen LogP contribution in [0, 0.1) is 6.92 Å². The zero-order valence-electron chi connectivity index (χ0n) is 12.5. The number of nitrogen functional groups attached to an aromatic ring is 1. The van der Waals surface area contributed by atoms with E-state index in [0.29, 0.717) is 17.8 Å². The Morgan fingerprint density at radius 3 is 2.86 bits per heavy atom. The molecule has 0 aliphatic rings. The highest BCUT2D eigenvalue weighted by Gasteiger charge is 2.12. The summed E-state index contributed by atoms with van der Waals surface area (Å²) in [6.07, 6.45) is 0. The molecule has 0 fully saturated rings. The predicted octanol–water partition coefficient (Wildman–Crippen LogP) is 2.42. The fourth-order valence-corrected chi connectivity index (χ4v) is 2.89. The minimum Gasteiger partial charge on any atom is -0.397 e. The van der Waals surface area contributed by atoms with Crippen molar-refractivity contribution in [2.24, 2.45) is 0 Å². The number of nitrogens with one attached hydrogen (secondary N) is 1. The van der Waals surface area contributed by atoms with Gasteiger partial charge in [0.15, 0.2) is 0 Å². The smallest absolute Gasteiger partial charge is 0.251 e. The van der Waals surface area contributed by atoms with Crippen molar-refractivity contribution in [2.75, 3.05) is 24.2 Å². The fraction of sp³-hybridized carbons (Fsp3) is 0.333. The number of hydrogen-bond acceptors (Lipinski definition) is 5. The van der Waals surface area contributed by atoms with E-state index >= 15 is 0 Å². The van der Waals surface area contributed by atoms with Gasteiger partial charge in [-0.2, -0.15) is 0 Å². The van der Waals surface area contributed by atoms with Gasteiger partial charge in [-0.1, -0.05) is 0 Å². The summed E-state index contributed by atoms with van der Waals surface area (Å²) in [7, 11) is 1.96. The van der Waals surface area contributed by atoms with E-state index in [1.807, 2.05) is 37.4 Å². The molecule has 0 spiro atoms. The van der Waals surface area contributed by atoms with Gasteiger partial charge in [-0.15, -0.1) is 11.3 Å². The van der Waals surface area contributed by atoms with Gasteiger partial charge in [0.25, 0.3) is 5.91 Å². The highest BCUT2D eigenvalue weighted by atomic mass is 32.1. The summed E-state index contributed by atoms with van der Waals surface area (Å²) >= 11 is 1.62. The third-order valence-electron chi connectivity index (χ3n) is 3.27. The number of carbonyl (C=O) groups is 1. The molecule has 0 radical (unpaired) electrons. The van der Waals surface area contributed by atoms with Crippen molar-refractivity contribution in [1.29, 1.82) is 0 Å². The Labute approximate surface area is 128 Å². The van der Waals surface area contributed by atoms with E-state index in [0.717, 1.165) is 17.9 Å². The molecule has 0 bridgehead atoms. The third-order valence-corrected chi connectivity index (χ3v) is 4.19. The third kappa shape index (κ3) is 3.52. The van der Waals surface area contributed by atoms with Crippen LogP contribution in [0.5, 0.6) is 0 Å². The van der Waals surface area contributed by atoms with E-state index in [1.54, 1.807) is 23.5 Å². The number of thiazole rings is 1. The average molecular weight is 304 g/mol. The highest BCUT2D eigenvalue weighted by Crippen LogP contribution is 2.26. The van der Waals surface area contributed by atoms with E-state index < -0.39 is 0 Å². The number of aryl methyl sites for hydroxylation is 1. The zero-order valence-corrected chi connectivity index (χ0v) is 13.3. The molecule has 21 heavy (non-hydrogen) atoms. The predicted molar refractivity (Wildman–Crippen MR) is 87.8 cm³/mol. The Hall–Kier alpha value is -2.08. The van der Waals surface area contributed by atoms with Crippen LogP contribution in [0.15, 0.2) is 23.7 Å². The molecule has 0 unspecified atom stereocenters. The van der Waals surface area contributed by atoms with Crippen molar-refractivity contribution in [3.05, 3.63) is 39.8 Å². The van der Waals surface area contributed by atoms with E-state index in [9.17, 15) is 4.79 Å². The summed E-state index contributed by atoms with van der Waals surface area (Å²) in [6.45, 7) is 5.22. The summed E-state index contributed by atoms with van der Waals surface area (Å²) in [4.78, 5) is 19.4. The Balaban J connectivity index is 2.23. The van der Waals surface area contributed by atoms with Gasteiger partial charge >= 0.3 is 0 Å². The molecule has 6 heteroatoms. The van der Waals surface area contributed by atoms with Gasteiger partial charge in [0.2, 0.25) is 0 Å². The molecule has 0 aliphatic carbocycles. The van der Waals surface area contributed by atoms with Crippen molar-refractivity contribution in [3.8, 4) is 0 Å². The Kier molecular flexibility index (Phi) is 4.80. The normalized spacial score (nSPS) is 10.4. The maximum absolute atomic E-state index is 11.9. The number of carbonyl (C=O) groups excluding carboxylic acids is 1. The molecule has 0 saturated carbocycles. The molecule has 2 aromatic rings. The molecular formula is C15H20N4OS. The summed E-state index contributed by atoms with van der Waals surface area (Å²) in [5.41, 5.74) is 11.1. The van der Waals surface area contributed by atoms with Crippen LogP contribution in [0.2, 0.25) is 0 Å². The maximum atomic E-state index is 11.9. The SMILES string of the molecule is CCNC(=O)c1ccc(N)c(N(C)Cc2scnc2C)c1. The van der Waals surface area contributed by atoms with Crippen LogP contribution in [0.4, 0.5) is 11.4 Å². The van der Waals surface area contributed by atoms with Crippen molar-refractivity contribution >= 4 is 28.6 Å². The second kappa shape index (κ2) is 6.58. The van der Waals surface area contributed by atoms with Gasteiger partial charge in [-0.05, 0) is 32.0 Å². The van der Waals surface area contributed by atoms with Gasteiger partial charge in [0.05, 0.1) is 29.1 Å². The largest absolute Gasteiger partial charge is 0.397 e. The molecule has 3 N–H and O–H groups in total. The number of amides is 1. The topological polar surface area (TPSA) is 71.2 Å². The number of nitrogens with two attached hydrogens (primary N) is 1. The highest BCUT2D eigenvalue weighted by molar-refractivity contribution is 7.09. The Bertz CT molecular complexity index is 638. The summed E-state index contributed by atoms with van der Waals surface area (Å²) in [5.74, 6) is -0.0823. The lowest BCUT2D eigenvalue weighted by Crippen LogP contribution is -2.24. The molecule has 0 atom stereocenters. The fourth-order valence-electron chi connectivity index (χ4n) is 2.06. The molecule has 1 amide bonds.